The van der Waals surface area contributed by atoms with Crippen LogP contribution in [-0.2, 0) is 0 Å². The SMILES string of the molecule is C(=Cc1n[nH]c2ccccc12)c1ccno1. The summed E-state index contributed by atoms with van der Waals surface area (Å²) in [5.74, 6) is 0.715. The van der Waals surface area contributed by atoms with E-state index in [1.807, 2.05) is 36.4 Å². The number of benzene rings is 1. The molecule has 3 aromatic rings. The number of aromatic amines is 1. The van der Waals surface area contributed by atoms with E-state index >= 15 is 0 Å². The smallest absolute Gasteiger partial charge is 0.159 e. The zero-order valence-electron chi connectivity index (χ0n) is 8.42. The Balaban J connectivity index is 2.01. The number of para-hydroxylation sites is 1. The summed E-state index contributed by atoms with van der Waals surface area (Å²) in [6, 6.07) is 9.78. The predicted octanol–water partition coefficient (Wildman–Crippen LogP) is 2.72. The highest BCUT2D eigenvalue weighted by Crippen LogP contribution is 2.17. The number of H-pyrrole nitrogens is 1. The van der Waals surface area contributed by atoms with Gasteiger partial charge in [0.2, 0.25) is 0 Å². The fourth-order valence-corrected chi connectivity index (χ4v) is 1.58. The van der Waals surface area contributed by atoms with Crippen LogP contribution in [0.25, 0.3) is 23.1 Å². The summed E-state index contributed by atoms with van der Waals surface area (Å²) in [4.78, 5) is 0. The van der Waals surface area contributed by atoms with Gasteiger partial charge in [-0.1, -0.05) is 23.4 Å². The molecule has 0 spiro atoms. The number of nitrogens with zero attached hydrogens (tertiary/aromatic N) is 2. The van der Waals surface area contributed by atoms with Crippen LogP contribution in [-0.4, -0.2) is 15.4 Å². The molecule has 0 radical (unpaired) electrons. The molecule has 0 aliphatic carbocycles. The van der Waals surface area contributed by atoms with E-state index in [1.165, 1.54) is 0 Å². The van der Waals surface area contributed by atoms with Crippen LogP contribution in [0.1, 0.15) is 11.5 Å². The number of aromatic nitrogens is 3. The number of rotatable bonds is 2. The van der Waals surface area contributed by atoms with Crippen molar-refractivity contribution < 1.29 is 4.52 Å². The molecule has 2 aromatic heterocycles. The van der Waals surface area contributed by atoms with Gasteiger partial charge in [0.15, 0.2) is 5.76 Å². The lowest BCUT2D eigenvalue weighted by atomic mass is 10.2. The Morgan fingerprint density at radius 3 is 2.94 bits per heavy atom. The third-order valence-corrected chi connectivity index (χ3v) is 2.36. The molecule has 0 atom stereocenters. The van der Waals surface area contributed by atoms with Crippen molar-refractivity contribution in [3.63, 3.8) is 0 Å². The molecule has 16 heavy (non-hydrogen) atoms. The molecule has 78 valence electrons. The highest BCUT2D eigenvalue weighted by atomic mass is 16.5. The summed E-state index contributed by atoms with van der Waals surface area (Å²) in [5.41, 5.74) is 1.92. The van der Waals surface area contributed by atoms with Crippen molar-refractivity contribution in [2.24, 2.45) is 0 Å². The molecule has 0 saturated carbocycles. The van der Waals surface area contributed by atoms with Crippen molar-refractivity contribution in [3.05, 3.63) is 48.0 Å². The second-order valence-corrected chi connectivity index (χ2v) is 3.40. The summed E-state index contributed by atoms with van der Waals surface area (Å²) < 4.78 is 4.97. The van der Waals surface area contributed by atoms with E-state index in [4.69, 9.17) is 4.52 Å². The van der Waals surface area contributed by atoms with Gasteiger partial charge in [-0.25, -0.2) is 0 Å². The number of fused-ring (bicyclic) bond motifs is 1. The third kappa shape index (κ3) is 1.50. The monoisotopic (exact) mass is 211 g/mol. The number of hydrogen-bond acceptors (Lipinski definition) is 3. The van der Waals surface area contributed by atoms with Crippen LogP contribution >= 0.6 is 0 Å². The van der Waals surface area contributed by atoms with Crippen LogP contribution in [0.4, 0.5) is 0 Å². The van der Waals surface area contributed by atoms with Crippen LogP contribution in [0.5, 0.6) is 0 Å². The van der Waals surface area contributed by atoms with Crippen molar-refractivity contribution in [2.75, 3.05) is 0 Å². The van der Waals surface area contributed by atoms with Gasteiger partial charge in [-0.15, -0.1) is 0 Å². The highest BCUT2D eigenvalue weighted by Gasteiger charge is 2.00. The van der Waals surface area contributed by atoms with Crippen molar-refractivity contribution in [3.8, 4) is 0 Å². The summed E-state index contributed by atoms with van der Waals surface area (Å²) in [7, 11) is 0. The van der Waals surface area contributed by atoms with E-state index in [0.717, 1.165) is 16.6 Å². The normalized spacial score (nSPS) is 11.5. The van der Waals surface area contributed by atoms with Crippen molar-refractivity contribution in [1.29, 1.82) is 0 Å². The van der Waals surface area contributed by atoms with Crippen molar-refractivity contribution >= 4 is 23.1 Å². The molecular formula is C12H9N3O. The van der Waals surface area contributed by atoms with Gasteiger partial charge in [0, 0.05) is 11.5 Å². The molecule has 0 unspecified atom stereocenters. The molecule has 1 N–H and O–H groups in total. The number of nitrogens with one attached hydrogen (secondary N) is 1. The molecule has 3 rings (SSSR count). The summed E-state index contributed by atoms with van der Waals surface area (Å²) >= 11 is 0. The van der Waals surface area contributed by atoms with Gasteiger partial charge >= 0.3 is 0 Å². The van der Waals surface area contributed by atoms with Crippen LogP contribution in [0, 0.1) is 0 Å². The molecule has 4 nitrogen and oxygen atoms in total. The van der Waals surface area contributed by atoms with E-state index in [1.54, 1.807) is 12.3 Å². The topological polar surface area (TPSA) is 54.7 Å². The first-order valence-electron chi connectivity index (χ1n) is 4.95. The van der Waals surface area contributed by atoms with Gasteiger partial charge in [0.25, 0.3) is 0 Å². The molecule has 0 aliphatic heterocycles. The third-order valence-electron chi connectivity index (χ3n) is 2.36. The molecule has 0 fully saturated rings. The van der Waals surface area contributed by atoms with E-state index in [2.05, 4.69) is 15.4 Å². The Bertz CT molecular complexity index is 623. The highest BCUT2D eigenvalue weighted by molar-refractivity contribution is 5.88. The summed E-state index contributed by atoms with van der Waals surface area (Å²) in [5, 5.41) is 11.9. The minimum atomic E-state index is 0.715. The van der Waals surface area contributed by atoms with Crippen molar-refractivity contribution in [2.45, 2.75) is 0 Å². The molecule has 0 aliphatic rings. The van der Waals surface area contributed by atoms with Crippen LogP contribution in [0.2, 0.25) is 0 Å². The van der Waals surface area contributed by atoms with E-state index in [0.29, 0.717) is 5.76 Å². The van der Waals surface area contributed by atoms with Gasteiger partial charge < -0.3 is 4.52 Å². The molecular weight excluding hydrogens is 202 g/mol. The zero-order valence-corrected chi connectivity index (χ0v) is 8.42. The molecule has 0 bridgehead atoms. The molecule has 0 amide bonds. The standard InChI is InChI=1S/C12H9N3O/c1-2-4-11-10(3-1)12(15-14-11)6-5-9-7-8-13-16-9/h1-8H,(H,14,15). The lowest BCUT2D eigenvalue weighted by Gasteiger charge is -1.87. The van der Waals surface area contributed by atoms with Crippen LogP contribution < -0.4 is 0 Å². The molecule has 4 heteroatoms. The predicted molar refractivity (Wildman–Crippen MR) is 61.5 cm³/mol. The quantitative estimate of drug-likeness (QED) is 0.709. The van der Waals surface area contributed by atoms with Gasteiger partial charge in [-0.3, -0.25) is 5.10 Å². The first-order valence-corrected chi connectivity index (χ1v) is 4.95. The van der Waals surface area contributed by atoms with E-state index in [9.17, 15) is 0 Å². The fourth-order valence-electron chi connectivity index (χ4n) is 1.58. The largest absolute Gasteiger partial charge is 0.357 e. The fraction of sp³-hybridized carbons (Fsp3) is 0. The molecule has 0 saturated heterocycles. The Morgan fingerprint density at radius 2 is 2.06 bits per heavy atom. The van der Waals surface area contributed by atoms with Gasteiger partial charge in [-0.2, -0.15) is 5.10 Å². The van der Waals surface area contributed by atoms with Crippen LogP contribution in [0.3, 0.4) is 0 Å². The Kier molecular flexibility index (Phi) is 2.04. The van der Waals surface area contributed by atoms with E-state index < -0.39 is 0 Å². The lowest BCUT2D eigenvalue weighted by Crippen LogP contribution is -1.71. The first kappa shape index (κ1) is 8.91. The Morgan fingerprint density at radius 1 is 1.12 bits per heavy atom. The Hall–Kier alpha value is -2.36. The van der Waals surface area contributed by atoms with E-state index in [-0.39, 0.29) is 0 Å². The second kappa shape index (κ2) is 3.66. The maximum atomic E-state index is 4.97. The summed E-state index contributed by atoms with van der Waals surface area (Å²) in [6.07, 6.45) is 5.36. The average Bonchev–Trinajstić information content (AvgIpc) is 2.96. The average molecular weight is 211 g/mol. The minimum absolute atomic E-state index is 0.715. The maximum Gasteiger partial charge on any atom is 0.159 e. The first-order chi connectivity index (χ1) is 7.93. The van der Waals surface area contributed by atoms with Crippen molar-refractivity contribution in [1.82, 2.24) is 15.4 Å². The lowest BCUT2D eigenvalue weighted by molar-refractivity contribution is 0.413. The van der Waals surface area contributed by atoms with Gasteiger partial charge in [0.05, 0.1) is 17.4 Å². The van der Waals surface area contributed by atoms with Gasteiger partial charge in [-0.05, 0) is 18.2 Å². The number of hydrogen-bond donors (Lipinski definition) is 1. The zero-order chi connectivity index (χ0) is 10.8. The second-order valence-electron chi connectivity index (χ2n) is 3.40. The van der Waals surface area contributed by atoms with Gasteiger partial charge in [0.1, 0.15) is 0 Å². The summed E-state index contributed by atoms with van der Waals surface area (Å²) in [6.45, 7) is 0. The Labute approximate surface area is 91.6 Å². The minimum Gasteiger partial charge on any atom is -0.357 e. The molecule has 2 heterocycles. The van der Waals surface area contributed by atoms with Crippen LogP contribution in [0.15, 0.2) is 41.1 Å². The molecule has 1 aromatic carbocycles. The maximum absolute atomic E-state index is 4.97.